The highest BCUT2D eigenvalue weighted by atomic mass is 16.8. The maximum atomic E-state index is 10.9. The first-order valence-electron chi connectivity index (χ1n) is 3.14. The van der Waals surface area contributed by atoms with Crippen molar-refractivity contribution in [1.29, 1.82) is 0 Å². The van der Waals surface area contributed by atoms with Gasteiger partial charge in [0.05, 0.1) is 4.91 Å². The first kappa shape index (κ1) is 9.62. The van der Waals surface area contributed by atoms with Crippen LogP contribution >= 0.6 is 0 Å². The van der Waals surface area contributed by atoms with Gasteiger partial charge in [0, 0.05) is 11.6 Å². The molecule has 11 heavy (non-hydrogen) atoms. The highest BCUT2D eigenvalue weighted by Gasteiger charge is 2.16. The first-order valence-corrected chi connectivity index (χ1v) is 3.14. The molecule has 0 aliphatic rings. The van der Waals surface area contributed by atoms with Gasteiger partial charge in [-0.25, -0.2) is 4.84 Å². The largest absolute Gasteiger partial charge is 0.318 e. The molecule has 0 aromatic rings. The summed E-state index contributed by atoms with van der Waals surface area (Å²) in [5.41, 5.74) is 1.11. The molecule has 0 saturated carbocycles. The van der Waals surface area contributed by atoms with E-state index in [1.165, 1.54) is 13.2 Å². The highest BCUT2D eigenvalue weighted by Crippen LogP contribution is 2.06. The van der Waals surface area contributed by atoms with E-state index in [2.05, 4.69) is 18.0 Å². The van der Waals surface area contributed by atoms with Gasteiger partial charge in [-0.1, -0.05) is 19.2 Å². The van der Waals surface area contributed by atoms with Crippen LogP contribution in [-0.4, -0.2) is 12.0 Å². The standard InChI is InChI=1S/C8H12NO2/c1-5-7(3)8(6-2)9(10)11-4/h5-6H,1-2H2,3-4H3/q+1/b8-7+. The number of hydrogen-bond donors (Lipinski definition) is 0. The van der Waals surface area contributed by atoms with E-state index in [0.717, 1.165) is 5.57 Å². The van der Waals surface area contributed by atoms with Gasteiger partial charge in [-0.05, 0) is 6.92 Å². The fraction of sp³-hybridized carbons (Fsp3) is 0.250. The van der Waals surface area contributed by atoms with Crippen molar-refractivity contribution in [1.82, 2.24) is 0 Å². The lowest BCUT2D eigenvalue weighted by atomic mass is 10.2. The van der Waals surface area contributed by atoms with Gasteiger partial charge in [0.15, 0.2) is 7.11 Å². The van der Waals surface area contributed by atoms with Crippen LogP contribution < -0.4 is 0 Å². The fourth-order valence-electron chi connectivity index (χ4n) is 0.582. The van der Waals surface area contributed by atoms with E-state index in [1.807, 2.05) is 0 Å². The van der Waals surface area contributed by atoms with Crippen LogP contribution in [0.2, 0.25) is 0 Å². The van der Waals surface area contributed by atoms with Crippen molar-refractivity contribution in [2.45, 2.75) is 6.92 Å². The van der Waals surface area contributed by atoms with Crippen molar-refractivity contribution in [2.24, 2.45) is 0 Å². The van der Waals surface area contributed by atoms with Gasteiger partial charge >= 0.3 is 5.70 Å². The summed E-state index contributed by atoms with van der Waals surface area (Å²) in [6.07, 6.45) is 2.99. The molecule has 0 aromatic carbocycles. The Morgan fingerprint density at radius 2 is 2.00 bits per heavy atom. The maximum Gasteiger partial charge on any atom is 0.318 e. The summed E-state index contributed by atoms with van der Waals surface area (Å²) in [5, 5.41) is 0. The molecule has 0 heterocycles. The summed E-state index contributed by atoms with van der Waals surface area (Å²) in [5.74, 6) is 0. The molecule has 3 heteroatoms. The summed E-state index contributed by atoms with van der Waals surface area (Å²) < 4.78 is 0. The normalized spacial score (nSPS) is 11.5. The van der Waals surface area contributed by atoms with Crippen LogP contribution in [0.15, 0.2) is 36.6 Å². The quantitative estimate of drug-likeness (QED) is 0.457. The molecule has 0 rings (SSSR count). The van der Waals surface area contributed by atoms with E-state index >= 15 is 0 Å². The average molecular weight is 154 g/mol. The molecule has 0 aliphatic heterocycles. The molecule has 0 radical (unpaired) electrons. The third-order valence-corrected chi connectivity index (χ3v) is 1.27. The van der Waals surface area contributed by atoms with Gasteiger partial charge in [-0.15, -0.1) is 0 Å². The van der Waals surface area contributed by atoms with Crippen molar-refractivity contribution < 1.29 is 9.76 Å². The average Bonchev–Trinajstić information content (AvgIpc) is 2.05. The monoisotopic (exact) mass is 154 g/mol. The minimum absolute atomic E-state index is 0.377. The minimum atomic E-state index is 0.377. The number of nitrogens with zero attached hydrogens (tertiary/aromatic N) is 1. The van der Waals surface area contributed by atoms with Crippen molar-refractivity contribution in [3.8, 4) is 0 Å². The van der Waals surface area contributed by atoms with E-state index in [4.69, 9.17) is 0 Å². The molecule has 3 nitrogen and oxygen atoms in total. The van der Waals surface area contributed by atoms with Crippen LogP contribution in [-0.2, 0) is 4.84 Å². The molecule has 0 aromatic heterocycles. The fourth-order valence-corrected chi connectivity index (χ4v) is 0.582. The Bertz CT molecular complexity index is 216. The van der Waals surface area contributed by atoms with Crippen molar-refractivity contribution in [3.05, 3.63) is 41.5 Å². The Labute approximate surface area is 66.2 Å². The van der Waals surface area contributed by atoms with Crippen LogP contribution in [0.25, 0.3) is 0 Å². The van der Waals surface area contributed by atoms with Crippen LogP contribution in [0.1, 0.15) is 6.92 Å². The molecule has 0 atom stereocenters. The second-order valence-corrected chi connectivity index (χ2v) is 1.92. The van der Waals surface area contributed by atoms with E-state index in [1.54, 1.807) is 13.0 Å². The number of allylic oxidation sites excluding steroid dienone is 3. The molecule has 0 amide bonds. The topological polar surface area (TPSA) is 29.3 Å². The highest BCUT2D eigenvalue weighted by molar-refractivity contribution is 5.23. The zero-order valence-corrected chi connectivity index (χ0v) is 6.83. The van der Waals surface area contributed by atoms with E-state index in [-0.39, 0.29) is 0 Å². The Kier molecular flexibility index (Phi) is 3.88. The third kappa shape index (κ3) is 2.37. The Morgan fingerprint density at radius 3 is 2.27 bits per heavy atom. The SMILES string of the molecule is C=C/C(C)=C(\C=C)[N+](=O)OC. The number of hydrogen-bond acceptors (Lipinski definition) is 2. The lowest BCUT2D eigenvalue weighted by Crippen LogP contribution is -2.05. The predicted molar refractivity (Wildman–Crippen MR) is 43.7 cm³/mol. The molecular formula is C8H12NO2+. The third-order valence-electron chi connectivity index (χ3n) is 1.27. The lowest BCUT2D eigenvalue weighted by Gasteiger charge is -1.90. The summed E-state index contributed by atoms with van der Waals surface area (Å²) in [7, 11) is 1.30. The van der Waals surface area contributed by atoms with Gasteiger partial charge < -0.3 is 0 Å². The second-order valence-electron chi connectivity index (χ2n) is 1.92. The van der Waals surface area contributed by atoms with E-state index in [9.17, 15) is 4.91 Å². The van der Waals surface area contributed by atoms with Gasteiger partial charge in [-0.3, -0.25) is 0 Å². The predicted octanol–water partition coefficient (Wildman–Crippen LogP) is 1.97. The summed E-state index contributed by atoms with van der Waals surface area (Å²) in [6.45, 7) is 8.75. The number of rotatable bonds is 4. The van der Waals surface area contributed by atoms with Gasteiger partial charge in [0.1, 0.15) is 0 Å². The molecule has 0 N–H and O–H groups in total. The molecule has 0 fully saturated rings. The molecule has 0 aliphatic carbocycles. The molecule has 0 bridgehead atoms. The summed E-state index contributed by atoms with van der Waals surface area (Å²) >= 11 is 0. The zero-order valence-electron chi connectivity index (χ0n) is 6.83. The van der Waals surface area contributed by atoms with Crippen molar-refractivity contribution in [3.63, 3.8) is 0 Å². The molecule has 60 valence electrons. The second kappa shape index (κ2) is 4.44. The summed E-state index contributed by atoms with van der Waals surface area (Å²) in [4.78, 5) is 15.7. The van der Waals surface area contributed by atoms with Crippen LogP contribution in [0, 0.1) is 4.91 Å². The maximum absolute atomic E-state index is 10.9. The molecule has 0 unspecified atom stereocenters. The van der Waals surface area contributed by atoms with Crippen LogP contribution in [0.4, 0.5) is 0 Å². The van der Waals surface area contributed by atoms with Crippen LogP contribution in [0.5, 0.6) is 0 Å². The minimum Gasteiger partial charge on any atom is -0.230 e. The smallest absolute Gasteiger partial charge is 0.230 e. The van der Waals surface area contributed by atoms with Gasteiger partial charge in [0.25, 0.3) is 4.92 Å². The van der Waals surface area contributed by atoms with Crippen molar-refractivity contribution >= 4 is 0 Å². The van der Waals surface area contributed by atoms with E-state index < -0.39 is 0 Å². The van der Waals surface area contributed by atoms with Crippen molar-refractivity contribution in [2.75, 3.05) is 7.11 Å². The zero-order chi connectivity index (χ0) is 8.85. The first-order chi connectivity index (χ1) is 5.17. The Hall–Kier alpha value is -1.38. The van der Waals surface area contributed by atoms with E-state index in [0.29, 0.717) is 10.6 Å². The van der Waals surface area contributed by atoms with Gasteiger partial charge in [0.2, 0.25) is 0 Å². The molecular weight excluding hydrogens is 142 g/mol. The lowest BCUT2D eigenvalue weighted by molar-refractivity contribution is -0.758. The van der Waals surface area contributed by atoms with Crippen LogP contribution in [0.3, 0.4) is 0 Å². The summed E-state index contributed by atoms with van der Waals surface area (Å²) in [6, 6.07) is 0. The Morgan fingerprint density at radius 1 is 1.45 bits per heavy atom. The molecule has 0 spiro atoms. The van der Waals surface area contributed by atoms with Gasteiger partial charge in [-0.2, -0.15) is 0 Å². The molecule has 0 saturated heterocycles. The Balaban J connectivity index is 4.78.